The summed E-state index contributed by atoms with van der Waals surface area (Å²) in [6, 6.07) is 12.1. The van der Waals surface area contributed by atoms with Crippen molar-refractivity contribution >= 4 is 28.6 Å². The largest absolute Gasteiger partial charge is 0.482 e. The molecule has 1 aliphatic heterocycles. The van der Waals surface area contributed by atoms with Gasteiger partial charge in [0.25, 0.3) is 5.91 Å². The van der Waals surface area contributed by atoms with Gasteiger partial charge in [-0.05, 0) is 55.7 Å². The SMILES string of the molecule is CCCn1c(-c2ccc3c(c2)NC(=O)CO3)csc1=Nc1cccc(C)c1C. The van der Waals surface area contributed by atoms with Gasteiger partial charge in [0.05, 0.1) is 17.1 Å². The maximum Gasteiger partial charge on any atom is 0.262 e. The second-order valence-corrected chi connectivity index (χ2v) is 7.77. The number of aromatic nitrogens is 1. The molecular formula is C22H23N3O2S. The number of aryl methyl sites for hydroxylation is 1. The minimum absolute atomic E-state index is 0.0690. The van der Waals surface area contributed by atoms with Gasteiger partial charge in [-0.25, -0.2) is 4.99 Å². The summed E-state index contributed by atoms with van der Waals surface area (Å²) in [5.41, 5.74) is 6.30. The molecule has 6 heteroatoms. The topological polar surface area (TPSA) is 55.6 Å². The van der Waals surface area contributed by atoms with Crippen LogP contribution in [0.2, 0.25) is 0 Å². The van der Waals surface area contributed by atoms with E-state index in [1.54, 1.807) is 11.3 Å². The van der Waals surface area contributed by atoms with Crippen molar-refractivity contribution in [1.29, 1.82) is 0 Å². The molecule has 0 saturated carbocycles. The van der Waals surface area contributed by atoms with E-state index in [1.165, 1.54) is 11.1 Å². The van der Waals surface area contributed by atoms with Gasteiger partial charge in [0, 0.05) is 17.5 Å². The number of anilines is 1. The number of carbonyl (C=O) groups excluding carboxylic acids is 1. The molecule has 2 aromatic carbocycles. The van der Waals surface area contributed by atoms with Crippen molar-refractivity contribution in [3.63, 3.8) is 0 Å². The predicted octanol–water partition coefficient (Wildman–Crippen LogP) is 4.81. The van der Waals surface area contributed by atoms with Crippen LogP contribution in [0.4, 0.5) is 11.4 Å². The molecule has 0 radical (unpaired) electrons. The molecule has 144 valence electrons. The Labute approximate surface area is 168 Å². The normalized spacial score (nSPS) is 13.8. The number of thiazole rings is 1. The summed E-state index contributed by atoms with van der Waals surface area (Å²) in [5.74, 6) is 0.586. The van der Waals surface area contributed by atoms with E-state index in [4.69, 9.17) is 9.73 Å². The third kappa shape index (κ3) is 3.47. The Bertz CT molecular complexity index is 1110. The molecule has 2 heterocycles. The lowest BCUT2D eigenvalue weighted by Crippen LogP contribution is -2.25. The molecule has 0 bridgehead atoms. The standard InChI is InChI=1S/C22H23N3O2S/c1-4-10-25-19(16-8-9-20-18(11-16)23-21(26)12-27-20)13-28-22(25)24-17-7-5-6-14(2)15(17)3/h5-9,11,13H,4,10,12H2,1-3H3,(H,23,26). The van der Waals surface area contributed by atoms with E-state index in [1.807, 2.05) is 24.3 Å². The molecule has 5 nitrogen and oxygen atoms in total. The summed E-state index contributed by atoms with van der Waals surface area (Å²) in [4.78, 5) is 17.6. The first kappa shape index (κ1) is 18.5. The fourth-order valence-corrected chi connectivity index (χ4v) is 4.24. The Balaban J connectivity index is 1.81. The Morgan fingerprint density at radius 3 is 2.93 bits per heavy atom. The summed E-state index contributed by atoms with van der Waals surface area (Å²) >= 11 is 1.64. The number of ether oxygens (including phenoxy) is 1. The van der Waals surface area contributed by atoms with Gasteiger partial charge in [0.15, 0.2) is 11.4 Å². The number of hydrogen-bond donors (Lipinski definition) is 1. The van der Waals surface area contributed by atoms with Crippen molar-refractivity contribution in [2.24, 2.45) is 4.99 Å². The van der Waals surface area contributed by atoms with Crippen LogP contribution in [-0.4, -0.2) is 17.1 Å². The molecule has 0 atom stereocenters. The van der Waals surface area contributed by atoms with Gasteiger partial charge in [-0.1, -0.05) is 19.1 Å². The average molecular weight is 394 g/mol. The first-order valence-electron chi connectivity index (χ1n) is 9.43. The smallest absolute Gasteiger partial charge is 0.262 e. The number of benzene rings is 2. The molecule has 0 fully saturated rings. The van der Waals surface area contributed by atoms with Crippen molar-refractivity contribution in [1.82, 2.24) is 4.57 Å². The summed E-state index contributed by atoms with van der Waals surface area (Å²) in [6.07, 6.45) is 1.01. The van der Waals surface area contributed by atoms with E-state index in [9.17, 15) is 4.79 Å². The molecule has 1 N–H and O–H groups in total. The van der Waals surface area contributed by atoms with E-state index in [2.05, 4.69) is 48.2 Å². The van der Waals surface area contributed by atoms with Crippen molar-refractivity contribution in [2.75, 3.05) is 11.9 Å². The van der Waals surface area contributed by atoms with Crippen molar-refractivity contribution < 1.29 is 9.53 Å². The highest BCUT2D eigenvalue weighted by molar-refractivity contribution is 7.07. The maximum absolute atomic E-state index is 11.7. The third-order valence-electron chi connectivity index (χ3n) is 4.95. The third-order valence-corrected chi connectivity index (χ3v) is 5.81. The van der Waals surface area contributed by atoms with Crippen LogP contribution in [0, 0.1) is 13.8 Å². The lowest BCUT2D eigenvalue weighted by atomic mass is 10.1. The average Bonchev–Trinajstić information content (AvgIpc) is 3.07. The van der Waals surface area contributed by atoms with Crippen molar-refractivity contribution in [3.05, 3.63) is 57.7 Å². The zero-order chi connectivity index (χ0) is 19.7. The number of rotatable bonds is 4. The summed E-state index contributed by atoms with van der Waals surface area (Å²) < 4.78 is 7.73. The maximum atomic E-state index is 11.7. The Morgan fingerprint density at radius 2 is 2.11 bits per heavy atom. The van der Waals surface area contributed by atoms with Crippen LogP contribution in [0.15, 0.2) is 46.8 Å². The molecule has 3 aromatic rings. The Hall–Kier alpha value is -2.86. The number of hydrogen-bond acceptors (Lipinski definition) is 4. The molecule has 0 aliphatic carbocycles. The minimum atomic E-state index is -0.123. The Morgan fingerprint density at radius 1 is 1.25 bits per heavy atom. The van der Waals surface area contributed by atoms with Crippen LogP contribution in [0.3, 0.4) is 0 Å². The quantitative estimate of drug-likeness (QED) is 0.692. The zero-order valence-corrected chi connectivity index (χ0v) is 17.1. The monoisotopic (exact) mass is 393 g/mol. The highest BCUT2D eigenvalue weighted by Gasteiger charge is 2.17. The summed E-state index contributed by atoms with van der Waals surface area (Å²) in [5, 5.41) is 5.02. The number of nitrogens with zero attached hydrogens (tertiary/aromatic N) is 2. The lowest BCUT2D eigenvalue weighted by Gasteiger charge is -2.18. The number of nitrogens with one attached hydrogen (secondary N) is 1. The van der Waals surface area contributed by atoms with Gasteiger partial charge in [0.2, 0.25) is 0 Å². The molecule has 1 aliphatic rings. The fraction of sp³-hybridized carbons (Fsp3) is 0.273. The van der Waals surface area contributed by atoms with E-state index in [-0.39, 0.29) is 12.5 Å². The van der Waals surface area contributed by atoms with Crippen LogP contribution >= 0.6 is 11.3 Å². The summed E-state index contributed by atoms with van der Waals surface area (Å²) in [7, 11) is 0. The molecular weight excluding hydrogens is 370 g/mol. The zero-order valence-electron chi connectivity index (χ0n) is 16.3. The predicted molar refractivity (Wildman–Crippen MR) is 113 cm³/mol. The highest BCUT2D eigenvalue weighted by Crippen LogP contribution is 2.33. The van der Waals surface area contributed by atoms with Gasteiger partial charge >= 0.3 is 0 Å². The first-order valence-corrected chi connectivity index (χ1v) is 10.3. The van der Waals surface area contributed by atoms with Gasteiger partial charge in [0.1, 0.15) is 5.75 Å². The van der Waals surface area contributed by atoms with Crippen molar-refractivity contribution in [2.45, 2.75) is 33.7 Å². The molecule has 28 heavy (non-hydrogen) atoms. The van der Waals surface area contributed by atoms with Crippen LogP contribution < -0.4 is 14.9 Å². The molecule has 1 aromatic heterocycles. The molecule has 4 rings (SSSR count). The number of carbonyl (C=O) groups is 1. The van der Waals surface area contributed by atoms with Gasteiger partial charge < -0.3 is 14.6 Å². The number of fused-ring (bicyclic) bond motifs is 1. The second-order valence-electron chi connectivity index (χ2n) is 6.93. The number of amides is 1. The van der Waals surface area contributed by atoms with Gasteiger partial charge in [-0.3, -0.25) is 4.79 Å². The van der Waals surface area contributed by atoms with Gasteiger partial charge in [-0.2, -0.15) is 0 Å². The highest BCUT2D eigenvalue weighted by atomic mass is 32.1. The van der Waals surface area contributed by atoms with E-state index in [0.29, 0.717) is 5.75 Å². The lowest BCUT2D eigenvalue weighted by molar-refractivity contribution is -0.118. The molecule has 0 saturated heterocycles. The van der Waals surface area contributed by atoms with Crippen LogP contribution in [0.25, 0.3) is 11.3 Å². The molecule has 0 spiro atoms. The van der Waals surface area contributed by atoms with E-state index in [0.717, 1.165) is 40.4 Å². The van der Waals surface area contributed by atoms with E-state index < -0.39 is 0 Å². The van der Waals surface area contributed by atoms with Crippen LogP contribution in [0.5, 0.6) is 5.75 Å². The Kier molecular flexibility index (Phi) is 5.05. The summed E-state index contributed by atoms with van der Waals surface area (Å²) in [6.45, 7) is 7.33. The van der Waals surface area contributed by atoms with Crippen LogP contribution in [-0.2, 0) is 11.3 Å². The molecule has 1 amide bonds. The van der Waals surface area contributed by atoms with Gasteiger partial charge in [-0.15, -0.1) is 11.3 Å². The fourth-order valence-electron chi connectivity index (χ4n) is 3.29. The van der Waals surface area contributed by atoms with E-state index >= 15 is 0 Å². The minimum Gasteiger partial charge on any atom is -0.482 e. The second kappa shape index (κ2) is 7.64. The van der Waals surface area contributed by atoms with Crippen molar-refractivity contribution in [3.8, 4) is 17.0 Å². The first-order chi connectivity index (χ1) is 13.6. The van der Waals surface area contributed by atoms with Crippen LogP contribution in [0.1, 0.15) is 24.5 Å². The molecule has 0 unspecified atom stereocenters.